The molecule has 30 heavy (non-hydrogen) atoms. The number of ether oxygens (including phenoxy) is 3. The summed E-state index contributed by atoms with van der Waals surface area (Å²) in [6, 6.07) is 7.67. The molecule has 0 fully saturated rings. The van der Waals surface area contributed by atoms with Gasteiger partial charge in [0.25, 0.3) is 6.29 Å². The van der Waals surface area contributed by atoms with Crippen LogP contribution in [0.15, 0.2) is 51.6 Å². The highest BCUT2D eigenvalue weighted by molar-refractivity contribution is 9.10. The van der Waals surface area contributed by atoms with E-state index in [1.807, 2.05) is 24.3 Å². The average Bonchev–Trinajstić information content (AvgIpc) is 3.33. The van der Waals surface area contributed by atoms with Crippen LogP contribution in [-0.4, -0.2) is 32.1 Å². The molecule has 0 saturated carbocycles. The van der Waals surface area contributed by atoms with E-state index in [1.165, 1.54) is 18.1 Å². The number of esters is 1. The number of fused-ring (bicyclic) bond motifs is 1. The van der Waals surface area contributed by atoms with Crippen LogP contribution >= 0.6 is 27.7 Å². The van der Waals surface area contributed by atoms with Gasteiger partial charge in [0.15, 0.2) is 22.1 Å². The van der Waals surface area contributed by atoms with Gasteiger partial charge in [0, 0.05) is 16.6 Å². The Morgan fingerprint density at radius 1 is 1.37 bits per heavy atom. The summed E-state index contributed by atoms with van der Waals surface area (Å²) in [6.07, 6.45) is 2.52. The van der Waals surface area contributed by atoms with Crippen molar-refractivity contribution in [1.82, 2.24) is 19.5 Å². The molecule has 0 radical (unpaired) electrons. The van der Waals surface area contributed by atoms with Gasteiger partial charge in [0.1, 0.15) is 12.6 Å². The summed E-state index contributed by atoms with van der Waals surface area (Å²) in [6.45, 7) is 2.43. The van der Waals surface area contributed by atoms with Crippen LogP contribution < -0.4 is 5.73 Å². The zero-order valence-corrected chi connectivity index (χ0v) is 18.4. The van der Waals surface area contributed by atoms with E-state index in [4.69, 9.17) is 19.9 Å². The van der Waals surface area contributed by atoms with Crippen molar-refractivity contribution in [3.63, 3.8) is 0 Å². The number of nitrogen functional groups attached to an aromatic ring is 1. The average molecular weight is 492 g/mol. The molecule has 0 bridgehead atoms. The number of nitrogens with two attached hydrogens (primary N) is 1. The topological polar surface area (TPSA) is 114 Å². The lowest BCUT2D eigenvalue weighted by Gasteiger charge is -2.13. The molecule has 9 nitrogen and oxygen atoms in total. The normalized spacial score (nSPS) is 15.5. The molecule has 1 aliphatic rings. The zero-order valence-electron chi connectivity index (χ0n) is 15.9. The largest absolute Gasteiger partial charge is 0.466 e. The molecular weight excluding hydrogens is 474 g/mol. The second-order valence-corrected chi connectivity index (χ2v) is 8.00. The van der Waals surface area contributed by atoms with Gasteiger partial charge in [0.05, 0.1) is 13.0 Å². The van der Waals surface area contributed by atoms with E-state index >= 15 is 0 Å². The number of halogens is 1. The maximum Gasteiger partial charge on any atom is 0.307 e. The van der Waals surface area contributed by atoms with Gasteiger partial charge < -0.3 is 24.5 Å². The number of carbonyl (C=O) groups is 1. The number of thioether (sulfide) groups is 1. The number of aryl methyl sites for hydroxylation is 1. The monoisotopic (exact) mass is 491 g/mol. The highest BCUT2D eigenvalue weighted by Crippen LogP contribution is 2.40. The van der Waals surface area contributed by atoms with Crippen LogP contribution in [0.3, 0.4) is 0 Å². The van der Waals surface area contributed by atoms with Crippen LogP contribution in [-0.2, 0) is 25.5 Å². The number of hydrogen-bond donors (Lipinski definition) is 1. The summed E-state index contributed by atoms with van der Waals surface area (Å²) in [5.41, 5.74) is 7.83. The van der Waals surface area contributed by atoms with Gasteiger partial charge in [-0.3, -0.25) is 4.79 Å². The number of hydrogen-bond acceptors (Lipinski definition) is 9. The number of aromatic nitrogens is 4. The van der Waals surface area contributed by atoms with E-state index in [0.717, 1.165) is 10.0 Å². The summed E-state index contributed by atoms with van der Waals surface area (Å²) >= 11 is 4.76. The van der Waals surface area contributed by atoms with Crippen LogP contribution in [0, 0.1) is 0 Å². The number of carbonyl (C=O) groups excluding carboxylic acids is 1. The number of benzene rings is 1. The minimum Gasteiger partial charge on any atom is -0.466 e. The van der Waals surface area contributed by atoms with Crippen LogP contribution in [0.25, 0.3) is 11.2 Å². The van der Waals surface area contributed by atoms with Gasteiger partial charge >= 0.3 is 5.97 Å². The van der Waals surface area contributed by atoms with E-state index in [9.17, 15) is 4.79 Å². The smallest absolute Gasteiger partial charge is 0.307 e. The maximum atomic E-state index is 11.8. The molecule has 156 valence electrons. The summed E-state index contributed by atoms with van der Waals surface area (Å²) in [4.78, 5) is 24.7. The van der Waals surface area contributed by atoms with Crippen molar-refractivity contribution in [3.05, 3.63) is 52.0 Å². The molecule has 1 aliphatic heterocycles. The van der Waals surface area contributed by atoms with E-state index < -0.39 is 6.29 Å². The third kappa shape index (κ3) is 4.21. The quantitative estimate of drug-likeness (QED) is 0.493. The van der Waals surface area contributed by atoms with E-state index in [0.29, 0.717) is 34.6 Å². The summed E-state index contributed by atoms with van der Waals surface area (Å²) < 4.78 is 19.3. The van der Waals surface area contributed by atoms with Crippen molar-refractivity contribution in [2.45, 2.75) is 31.3 Å². The number of nitrogens with zero attached hydrogens (tertiary/aromatic N) is 4. The molecule has 3 heterocycles. The Morgan fingerprint density at radius 2 is 2.20 bits per heavy atom. The standard InChI is InChI=1S/C19H18BrN5O4S/c1-2-27-13(26)7-8-25-17-15(16(21)22-10-23-17)24-19(25)30-14-9-28-18(29-14)11-5-3-4-6-12(11)20/h3-6,9-10,18H,2,7-8H2,1H3,(H2,21,22,23). The first-order chi connectivity index (χ1) is 14.6. The fourth-order valence-corrected chi connectivity index (χ4v) is 4.18. The van der Waals surface area contributed by atoms with Gasteiger partial charge in [-0.25, -0.2) is 15.0 Å². The molecule has 1 atom stereocenters. The lowest BCUT2D eigenvalue weighted by atomic mass is 10.2. The van der Waals surface area contributed by atoms with Gasteiger partial charge in [-0.2, -0.15) is 0 Å². The molecule has 0 saturated heterocycles. The molecule has 0 amide bonds. The molecule has 4 rings (SSSR count). The predicted octanol–water partition coefficient (Wildman–Crippen LogP) is 3.76. The lowest BCUT2D eigenvalue weighted by molar-refractivity contribution is -0.143. The SMILES string of the molecule is CCOC(=O)CCn1c(SC2=COC(c3ccccc3Br)O2)nc2c(N)ncnc21. The van der Waals surface area contributed by atoms with Crippen molar-refractivity contribution in [2.75, 3.05) is 12.3 Å². The van der Waals surface area contributed by atoms with Crippen LogP contribution in [0.2, 0.25) is 0 Å². The van der Waals surface area contributed by atoms with Gasteiger partial charge in [-0.1, -0.05) is 34.1 Å². The predicted molar refractivity (Wildman–Crippen MR) is 114 cm³/mol. The molecule has 0 spiro atoms. The fourth-order valence-electron chi connectivity index (χ4n) is 2.87. The minimum atomic E-state index is -0.565. The van der Waals surface area contributed by atoms with Crippen molar-refractivity contribution in [1.29, 1.82) is 0 Å². The molecule has 2 aromatic heterocycles. The molecule has 3 aromatic rings. The molecule has 11 heteroatoms. The summed E-state index contributed by atoms with van der Waals surface area (Å²) in [7, 11) is 0. The lowest BCUT2D eigenvalue weighted by Crippen LogP contribution is -2.10. The number of rotatable bonds is 7. The molecular formula is C19H18BrN5O4S. The highest BCUT2D eigenvalue weighted by Gasteiger charge is 2.26. The Balaban J connectivity index is 1.56. The Hall–Kier alpha value is -2.79. The van der Waals surface area contributed by atoms with E-state index in [1.54, 1.807) is 17.8 Å². The van der Waals surface area contributed by atoms with Crippen molar-refractivity contribution < 1.29 is 19.0 Å². The second-order valence-electron chi connectivity index (χ2n) is 6.18. The third-order valence-corrected chi connectivity index (χ3v) is 5.84. The number of anilines is 1. The Labute approximate surface area is 184 Å². The Morgan fingerprint density at radius 3 is 3.00 bits per heavy atom. The number of imidazole rings is 1. The first-order valence-electron chi connectivity index (χ1n) is 9.13. The van der Waals surface area contributed by atoms with Gasteiger partial charge in [-0.15, -0.1) is 0 Å². The van der Waals surface area contributed by atoms with Gasteiger partial charge in [0.2, 0.25) is 5.09 Å². The van der Waals surface area contributed by atoms with Crippen molar-refractivity contribution in [3.8, 4) is 0 Å². The summed E-state index contributed by atoms with van der Waals surface area (Å²) in [5, 5.41) is 1.08. The molecule has 1 unspecified atom stereocenters. The maximum absolute atomic E-state index is 11.8. The highest BCUT2D eigenvalue weighted by atomic mass is 79.9. The van der Waals surface area contributed by atoms with Gasteiger partial charge in [-0.05, 0) is 24.8 Å². The molecule has 1 aromatic carbocycles. The molecule has 2 N–H and O–H groups in total. The first kappa shape index (κ1) is 20.5. The van der Waals surface area contributed by atoms with Crippen LogP contribution in [0.4, 0.5) is 5.82 Å². The van der Waals surface area contributed by atoms with E-state index in [2.05, 4.69) is 30.9 Å². The Kier molecular flexibility index (Phi) is 6.09. The third-order valence-electron chi connectivity index (χ3n) is 4.23. The van der Waals surface area contributed by atoms with E-state index in [-0.39, 0.29) is 18.2 Å². The second kappa shape index (κ2) is 8.92. The minimum absolute atomic E-state index is 0.173. The van der Waals surface area contributed by atoms with Crippen LogP contribution in [0.5, 0.6) is 0 Å². The van der Waals surface area contributed by atoms with Crippen molar-refractivity contribution >= 4 is 50.6 Å². The van der Waals surface area contributed by atoms with Crippen molar-refractivity contribution in [2.24, 2.45) is 0 Å². The fraction of sp³-hybridized carbons (Fsp3) is 0.263. The summed E-state index contributed by atoms with van der Waals surface area (Å²) in [5.74, 6) is -0.0358. The Bertz CT molecular complexity index is 1120. The zero-order chi connectivity index (χ0) is 21.1. The molecule has 0 aliphatic carbocycles. The van der Waals surface area contributed by atoms with Crippen LogP contribution in [0.1, 0.15) is 25.2 Å². The first-order valence-corrected chi connectivity index (χ1v) is 10.7.